The first-order chi connectivity index (χ1) is 8.61. The smallest absolute Gasteiger partial charge is 0.328 e. The molecule has 5 nitrogen and oxygen atoms in total. The Kier molecular flexibility index (Phi) is 3.98. The maximum Gasteiger partial charge on any atom is 0.328 e. The van der Waals surface area contributed by atoms with E-state index < -0.39 is 12.0 Å². The van der Waals surface area contributed by atoms with Crippen LogP contribution in [0.15, 0.2) is 28.7 Å². The van der Waals surface area contributed by atoms with Gasteiger partial charge in [-0.25, -0.2) is 4.79 Å². The second-order valence-electron chi connectivity index (χ2n) is 3.91. The fourth-order valence-electron chi connectivity index (χ4n) is 1.84. The van der Waals surface area contributed by atoms with E-state index in [1.54, 1.807) is 24.3 Å². The molecule has 0 aromatic heterocycles. The summed E-state index contributed by atoms with van der Waals surface area (Å²) in [7, 11) is 0. The average molecular weight is 314 g/mol. The van der Waals surface area contributed by atoms with E-state index in [1.165, 1.54) is 4.90 Å². The van der Waals surface area contributed by atoms with Crippen molar-refractivity contribution in [2.24, 2.45) is 0 Å². The number of rotatable bonds is 2. The van der Waals surface area contributed by atoms with E-state index >= 15 is 0 Å². The van der Waals surface area contributed by atoms with Crippen LogP contribution in [0.1, 0.15) is 10.4 Å². The molecule has 0 aliphatic carbocycles. The minimum absolute atomic E-state index is 0.0333. The standard InChI is InChI=1S/C12H12BrNO4/c13-9-4-2-1-3-8(9)11(15)14-5-6-18-7-10(14)12(16)17/h1-4,10H,5-7H2,(H,16,17). The first-order valence-corrected chi connectivity index (χ1v) is 6.26. The first kappa shape index (κ1) is 13.0. The molecule has 1 atom stereocenters. The summed E-state index contributed by atoms with van der Waals surface area (Å²) < 4.78 is 5.76. The monoisotopic (exact) mass is 313 g/mol. The van der Waals surface area contributed by atoms with E-state index in [2.05, 4.69) is 15.9 Å². The van der Waals surface area contributed by atoms with Crippen LogP contribution in [0.3, 0.4) is 0 Å². The van der Waals surface area contributed by atoms with Gasteiger partial charge in [0.25, 0.3) is 5.91 Å². The van der Waals surface area contributed by atoms with Gasteiger partial charge in [0.2, 0.25) is 0 Å². The minimum atomic E-state index is -1.05. The van der Waals surface area contributed by atoms with Gasteiger partial charge in [0.05, 0.1) is 18.8 Å². The molecule has 96 valence electrons. The molecule has 0 bridgehead atoms. The van der Waals surface area contributed by atoms with Crippen molar-refractivity contribution >= 4 is 27.8 Å². The summed E-state index contributed by atoms with van der Waals surface area (Å²) in [6, 6.07) is 6.05. The third-order valence-electron chi connectivity index (χ3n) is 2.78. The van der Waals surface area contributed by atoms with E-state index in [1.807, 2.05) is 0 Å². The van der Waals surface area contributed by atoms with Crippen LogP contribution in [0.5, 0.6) is 0 Å². The molecular weight excluding hydrogens is 302 g/mol. The SMILES string of the molecule is O=C(O)C1COCCN1C(=O)c1ccccc1Br. The van der Waals surface area contributed by atoms with E-state index in [-0.39, 0.29) is 19.1 Å². The van der Waals surface area contributed by atoms with Gasteiger partial charge in [-0.3, -0.25) is 4.79 Å². The first-order valence-electron chi connectivity index (χ1n) is 5.47. The van der Waals surface area contributed by atoms with Gasteiger partial charge >= 0.3 is 5.97 Å². The Hall–Kier alpha value is -1.40. The van der Waals surface area contributed by atoms with Crippen molar-refractivity contribution in [2.45, 2.75) is 6.04 Å². The normalized spacial score (nSPS) is 19.6. The molecule has 1 saturated heterocycles. The van der Waals surface area contributed by atoms with Crippen LogP contribution in [0, 0.1) is 0 Å². The Morgan fingerprint density at radius 2 is 2.11 bits per heavy atom. The number of hydrogen-bond donors (Lipinski definition) is 1. The van der Waals surface area contributed by atoms with E-state index in [0.29, 0.717) is 16.6 Å². The Morgan fingerprint density at radius 1 is 1.39 bits per heavy atom. The molecule has 0 saturated carbocycles. The molecular formula is C12H12BrNO4. The summed E-state index contributed by atoms with van der Waals surface area (Å²) in [5, 5.41) is 9.09. The largest absolute Gasteiger partial charge is 0.480 e. The number of carboxylic acid groups (broad SMARTS) is 1. The van der Waals surface area contributed by atoms with Crippen LogP contribution in [0.2, 0.25) is 0 Å². The van der Waals surface area contributed by atoms with E-state index in [9.17, 15) is 9.59 Å². The lowest BCUT2D eigenvalue weighted by Crippen LogP contribution is -2.52. The highest BCUT2D eigenvalue weighted by atomic mass is 79.9. The molecule has 6 heteroatoms. The number of hydrogen-bond acceptors (Lipinski definition) is 3. The summed E-state index contributed by atoms with van der Waals surface area (Å²) in [5.74, 6) is -1.34. The summed E-state index contributed by atoms with van der Waals surface area (Å²) in [5.41, 5.74) is 0.464. The lowest BCUT2D eigenvalue weighted by molar-refractivity contribution is -0.147. The number of benzene rings is 1. The molecule has 2 rings (SSSR count). The Bertz CT molecular complexity index is 477. The molecule has 1 fully saturated rings. The lowest BCUT2D eigenvalue weighted by Gasteiger charge is -2.33. The zero-order valence-corrected chi connectivity index (χ0v) is 11.1. The number of nitrogens with zero attached hydrogens (tertiary/aromatic N) is 1. The van der Waals surface area contributed by atoms with Crippen LogP contribution >= 0.6 is 15.9 Å². The summed E-state index contributed by atoms with van der Waals surface area (Å²) >= 11 is 3.29. The number of morpholine rings is 1. The topological polar surface area (TPSA) is 66.8 Å². The van der Waals surface area contributed by atoms with E-state index in [4.69, 9.17) is 9.84 Å². The Labute approximate surface area is 112 Å². The number of aliphatic carboxylic acids is 1. The average Bonchev–Trinajstić information content (AvgIpc) is 2.38. The van der Waals surface area contributed by atoms with Crippen molar-refractivity contribution < 1.29 is 19.4 Å². The van der Waals surface area contributed by atoms with Crippen molar-refractivity contribution in [1.29, 1.82) is 0 Å². The summed E-state index contributed by atoms with van der Waals surface area (Å²) in [6.45, 7) is 0.683. The minimum Gasteiger partial charge on any atom is -0.480 e. The highest BCUT2D eigenvalue weighted by molar-refractivity contribution is 9.10. The maximum absolute atomic E-state index is 12.3. The van der Waals surface area contributed by atoms with Crippen LogP contribution in [0.25, 0.3) is 0 Å². The highest BCUT2D eigenvalue weighted by Gasteiger charge is 2.33. The zero-order chi connectivity index (χ0) is 13.1. The van der Waals surface area contributed by atoms with Crippen molar-refractivity contribution in [3.63, 3.8) is 0 Å². The molecule has 1 amide bonds. The number of halogens is 1. The predicted octanol–water partition coefficient (Wildman–Crippen LogP) is 1.37. The van der Waals surface area contributed by atoms with Gasteiger partial charge in [-0.2, -0.15) is 0 Å². The summed E-state index contributed by atoms with van der Waals surface area (Å²) in [6.07, 6.45) is 0. The van der Waals surface area contributed by atoms with Gasteiger partial charge < -0.3 is 14.7 Å². The maximum atomic E-state index is 12.3. The molecule has 0 radical (unpaired) electrons. The third kappa shape index (κ3) is 2.54. The zero-order valence-electron chi connectivity index (χ0n) is 9.51. The molecule has 18 heavy (non-hydrogen) atoms. The number of carbonyl (C=O) groups excluding carboxylic acids is 1. The van der Waals surface area contributed by atoms with Crippen LogP contribution in [0.4, 0.5) is 0 Å². The number of ether oxygens (including phenoxy) is 1. The van der Waals surface area contributed by atoms with Crippen LogP contribution in [-0.4, -0.2) is 47.7 Å². The van der Waals surface area contributed by atoms with E-state index in [0.717, 1.165) is 0 Å². The molecule has 1 aliphatic rings. The van der Waals surface area contributed by atoms with Crippen LogP contribution in [-0.2, 0) is 9.53 Å². The summed E-state index contributed by atoms with van der Waals surface area (Å²) in [4.78, 5) is 24.8. The second kappa shape index (κ2) is 5.49. The Morgan fingerprint density at radius 3 is 2.78 bits per heavy atom. The van der Waals surface area contributed by atoms with Crippen molar-refractivity contribution in [3.8, 4) is 0 Å². The van der Waals surface area contributed by atoms with Crippen molar-refractivity contribution in [1.82, 2.24) is 4.90 Å². The quantitative estimate of drug-likeness (QED) is 0.895. The van der Waals surface area contributed by atoms with Crippen LogP contribution < -0.4 is 0 Å². The van der Waals surface area contributed by atoms with Gasteiger partial charge in [-0.1, -0.05) is 12.1 Å². The van der Waals surface area contributed by atoms with Gasteiger partial charge in [0.15, 0.2) is 6.04 Å². The number of carbonyl (C=O) groups is 2. The predicted molar refractivity (Wildman–Crippen MR) is 67.4 cm³/mol. The second-order valence-corrected chi connectivity index (χ2v) is 4.76. The fourth-order valence-corrected chi connectivity index (χ4v) is 2.30. The van der Waals surface area contributed by atoms with Gasteiger partial charge in [-0.05, 0) is 28.1 Å². The van der Waals surface area contributed by atoms with Gasteiger partial charge in [0.1, 0.15) is 0 Å². The number of amides is 1. The lowest BCUT2D eigenvalue weighted by atomic mass is 10.1. The number of carboxylic acids is 1. The van der Waals surface area contributed by atoms with Crippen molar-refractivity contribution in [2.75, 3.05) is 19.8 Å². The molecule has 1 unspecified atom stereocenters. The van der Waals surface area contributed by atoms with Gasteiger partial charge in [0, 0.05) is 11.0 Å². The molecule has 1 aliphatic heterocycles. The van der Waals surface area contributed by atoms with Crippen molar-refractivity contribution in [3.05, 3.63) is 34.3 Å². The third-order valence-corrected chi connectivity index (χ3v) is 3.47. The Balaban J connectivity index is 2.27. The molecule has 1 N–H and O–H groups in total. The molecule has 0 spiro atoms. The van der Waals surface area contributed by atoms with Gasteiger partial charge in [-0.15, -0.1) is 0 Å². The molecule has 1 heterocycles. The molecule has 1 aromatic rings. The molecule has 1 aromatic carbocycles. The fraction of sp³-hybridized carbons (Fsp3) is 0.333. The highest BCUT2D eigenvalue weighted by Crippen LogP contribution is 2.20.